The number of nitrogens with zero attached hydrogens (tertiary/aromatic N) is 1. The normalized spacial score (nSPS) is 19.1. The van der Waals surface area contributed by atoms with Gasteiger partial charge in [0.05, 0.1) is 5.60 Å². The number of carbonyl (C=O) groups is 1. The highest BCUT2D eigenvalue weighted by atomic mass is 35.5. The Bertz CT molecular complexity index is 428. The summed E-state index contributed by atoms with van der Waals surface area (Å²) >= 11 is 6.06. The summed E-state index contributed by atoms with van der Waals surface area (Å²) in [7, 11) is 0. The molecule has 0 saturated carbocycles. The molecule has 0 unspecified atom stereocenters. The minimum atomic E-state index is -1.01. The molecule has 1 amide bonds. The van der Waals surface area contributed by atoms with Gasteiger partial charge in [0.1, 0.15) is 0 Å². The average Bonchev–Trinajstić information content (AvgIpc) is 2.30. The molecule has 1 heterocycles. The summed E-state index contributed by atoms with van der Waals surface area (Å²) in [5, 5.41) is 19.9. The molecule has 17 heavy (non-hydrogen) atoms. The van der Waals surface area contributed by atoms with Crippen LogP contribution in [0.3, 0.4) is 0 Å². The average molecular weight is 256 g/mol. The molecule has 0 spiro atoms. The van der Waals surface area contributed by atoms with E-state index in [0.29, 0.717) is 36.5 Å². The van der Waals surface area contributed by atoms with Gasteiger partial charge in [-0.1, -0.05) is 29.8 Å². The van der Waals surface area contributed by atoms with Crippen LogP contribution >= 0.6 is 11.6 Å². The molecule has 0 aliphatic carbocycles. The minimum absolute atomic E-state index is 0.330. The van der Waals surface area contributed by atoms with Gasteiger partial charge in [-0.05, 0) is 18.9 Å². The molecule has 5 heteroatoms. The summed E-state index contributed by atoms with van der Waals surface area (Å²) in [5.74, 6) is 0. The molecule has 0 aromatic heterocycles. The predicted molar refractivity (Wildman–Crippen MR) is 64.2 cm³/mol. The molecule has 1 aromatic carbocycles. The fourth-order valence-electron chi connectivity index (χ4n) is 2.18. The first-order valence-electron chi connectivity index (χ1n) is 5.48. The first-order valence-corrected chi connectivity index (χ1v) is 5.86. The topological polar surface area (TPSA) is 60.8 Å². The molecule has 0 atom stereocenters. The number of rotatable bonds is 1. The standard InChI is InChI=1S/C12H14ClNO3/c13-10-4-2-1-3-9(10)12(17)5-7-14(8-6-12)11(15)16/h1-4,17H,5-8H2,(H,15,16). The molecular formula is C12H14ClNO3. The number of benzene rings is 1. The summed E-state index contributed by atoms with van der Waals surface area (Å²) in [6.45, 7) is 0.661. The first kappa shape index (κ1) is 12.2. The maximum atomic E-state index is 10.8. The van der Waals surface area contributed by atoms with Crippen molar-refractivity contribution in [2.24, 2.45) is 0 Å². The summed E-state index contributed by atoms with van der Waals surface area (Å²) in [6.07, 6.45) is -0.183. The van der Waals surface area contributed by atoms with Crippen LogP contribution in [-0.4, -0.2) is 34.3 Å². The van der Waals surface area contributed by atoms with Crippen LogP contribution in [0.2, 0.25) is 5.02 Å². The van der Waals surface area contributed by atoms with Gasteiger partial charge >= 0.3 is 6.09 Å². The minimum Gasteiger partial charge on any atom is -0.465 e. The van der Waals surface area contributed by atoms with E-state index in [-0.39, 0.29) is 0 Å². The monoisotopic (exact) mass is 255 g/mol. The molecule has 0 radical (unpaired) electrons. The second-order valence-electron chi connectivity index (χ2n) is 4.28. The zero-order chi connectivity index (χ0) is 12.5. The van der Waals surface area contributed by atoms with Crippen molar-refractivity contribution < 1.29 is 15.0 Å². The smallest absolute Gasteiger partial charge is 0.407 e. The summed E-state index contributed by atoms with van der Waals surface area (Å²) < 4.78 is 0. The second kappa shape index (κ2) is 4.55. The lowest BCUT2D eigenvalue weighted by molar-refractivity contribution is -0.0212. The first-order chi connectivity index (χ1) is 8.03. The van der Waals surface area contributed by atoms with Crippen molar-refractivity contribution in [1.82, 2.24) is 4.90 Å². The summed E-state index contributed by atoms with van der Waals surface area (Å²) in [5.41, 5.74) is -0.323. The molecule has 4 nitrogen and oxygen atoms in total. The van der Waals surface area contributed by atoms with Crippen LogP contribution in [0.15, 0.2) is 24.3 Å². The van der Waals surface area contributed by atoms with Crippen molar-refractivity contribution in [2.75, 3.05) is 13.1 Å². The van der Waals surface area contributed by atoms with Gasteiger partial charge in [-0.3, -0.25) is 0 Å². The van der Waals surface area contributed by atoms with Gasteiger partial charge < -0.3 is 15.1 Å². The lowest BCUT2D eigenvalue weighted by atomic mass is 9.84. The fraction of sp³-hybridized carbons (Fsp3) is 0.417. The number of hydrogen-bond donors (Lipinski definition) is 2. The van der Waals surface area contributed by atoms with Crippen LogP contribution in [0, 0.1) is 0 Å². The zero-order valence-corrected chi connectivity index (χ0v) is 10.0. The molecule has 1 aromatic rings. The molecule has 1 fully saturated rings. The zero-order valence-electron chi connectivity index (χ0n) is 9.27. The predicted octanol–water partition coefficient (Wildman–Crippen LogP) is 2.30. The Kier molecular flexibility index (Phi) is 3.26. The number of amides is 1. The van der Waals surface area contributed by atoms with Crippen molar-refractivity contribution in [3.05, 3.63) is 34.9 Å². The van der Waals surface area contributed by atoms with Gasteiger partial charge in [-0.25, -0.2) is 4.79 Å². The largest absolute Gasteiger partial charge is 0.465 e. The van der Waals surface area contributed by atoms with Crippen molar-refractivity contribution in [3.8, 4) is 0 Å². The van der Waals surface area contributed by atoms with Crippen molar-refractivity contribution in [1.29, 1.82) is 0 Å². The van der Waals surface area contributed by atoms with E-state index in [1.165, 1.54) is 4.90 Å². The third-order valence-corrected chi connectivity index (χ3v) is 3.57. The Balaban J connectivity index is 2.18. The Hall–Kier alpha value is -1.26. The van der Waals surface area contributed by atoms with Gasteiger partial charge in [-0.15, -0.1) is 0 Å². The van der Waals surface area contributed by atoms with Gasteiger partial charge in [0.15, 0.2) is 0 Å². The molecule has 1 aliphatic rings. The quantitative estimate of drug-likeness (QED) is 0.810. The summed E-state index contributed by atoms with van der Waals surface area (Å²) in [4.78, 5) is 12.1. The summed E-state index contributed by atoms with van der Waals surface area (Å²) in [6, 6.07) is 7.15. The Morgan fingerprint density at radius 3 is 2.41 bits per heavy atom. The van der Waals surface area contributed by atoms with E-state index in [1.54, 1.807) is 12.1 Å². The Labute approximate surface area is 104 Å². The maximum absolute atomic E-state index is 10.8. The molecule has 92 valence electrons. The van der Waals surface area contributed by atoms with E-state index in [9.17, 15) is 9.90 Å². The fourth-order valence-corrected chi connectivity index (χ4v) is 2.49. The highest BCUT2D eigenvalue weighted by Crippen LogP contribution is 2.36. The van der Waals surface area contributed by atoms with Crippen LogP contribution in [0.5, 0.6) is 0 Å². The molecular weight excluding hydrogens is 242 g/mol. The maximum Gasteiger partial charge on any atom is 0.407 e. The van der Waals surface area contributed by atoms with E-state index in [1.807, 2.05) is 12.1 Å². The van der Waals surface area contributed by atoms with Crippen LogP contribution in [0.4, 0.5) is 4.79 Å². The van der Waals surface area contributed by atoms with E-state index < -0.39 is 11.7 Å². The Morgan fingerprint density at radius 1 is 1.29 bits per heavy atom. The van der Waals surface area contributed by atoms with E-state index in [0.717, 1.165) is 0 Å². The molecule has 2 N–H and O–H groups in total. The van der Waals surface area contributed by atoms with Crippen LogP contribution < -0.4 is 0 Å². The third kappa shape index (κ3) is 2.37. The number of hydrogen-bond acceptors (Lipinski definition) is 2. The number of piperidine rings is 1. The number of likely N-dealkylation sites (tertiary alicyclic amines) is 1. The highest BCUT2D eigenvalue weighted by Gasteiger charge is 2.36. The van der Waals surface area contributed by atoms with Gasteiger partial charge in [0.25, 0.3) is 0 Å². The lowest BCUT2D eigenvalue weighted by Gasteiger charge is -2.37. The van der Waals surface area contributed by atoms with Gasteiger partial charge in [0, 0.05) is 23.7 Å². The van der Waals surface area contributed by atoms with Gasteiger partial charge in [0.2, 0.25) is 0 Å². The highest BCUT2D eigenvalue weighted by molar-refractivity contribution is 6.31. The van der Waals surface area contributed by atoms with Crippen LogP contribution in [0.25, 0.3) is 0 Å². The number of aliphatic hydroxyl groups is 1. The van der Waals surface area contributed by atoms with E-state index in [2.05, 4.69) is 0 Å². The third-order valence-electron chi connectivity index (χ3n) is 3.24. The molecule has 1 aliphatic heterocycles. The van der Waals surface area contributed by atoms with Crippen molar-refractivity contribution in [2.45, 2.75) is 18.4 Å². The molecule has 1 saturated heterocycles. The number of halogens is 1. The molecule has 2 rings (SSSR count). The van der Waals surface area contributed by atoms with Crippen LogP contribution in [-0.2, 0) is 5.60 Å². The van der Waals surface area contributed by atoms with E-state index in [4.69, 9.17) is 16.7 Å². The lowest BCUT2D eigenvalue weighted by Crippen LogP contribution is -2.44. The molecule has 0 bridgehead atoms. The van der Waals surface area contributed by atoms with Crippen molar-refractivity contribution >= 4 is 17.7 Å². The van der Waals surface area contributed by atoms with E-state index >= 15 is 0 Å². The van der Waals surface area contributed by atoms with Crippen LogP contribution in [0.1, 0.15) is 18.4 Å². The second-order valence-corrected chi connectivity index (χ2v) is 4.69. The Morgan fingerprint density at radius 2 is 1.88 bits per heavy atom. The number of carboxylic acid groups (broad SMARTS) is 1. The van der Waals surface area contributed by atoms with Gasteiger partial charge in [-0.2, -0.15) is 0 Å². The van der Waals surface area contributed by atoms with Crippen molar-refractivity contribution in [3.63, 3.8) is 0 Å². The SMILES string of the molecule is O=C(O)N1CCC(O)(c2ccccc2Cl)CC1.